The van der Waals surface area contributed by atoms with Gasteiger partial charge in [0.05, 0.1) is 6.26 Å². The Morgan fingerprint density at radius 2 is 2.24 bits per heavy atom. The molecule has 2 heterocycles. The van der Waals surface area contributed by atoms with Crippen LogP contribution in [0.15, 0.2) is 22.8 Å². The summed E-state index contributed by atoms with van der Waals surface area (Å²) in [6.07, 6.45) is 3.42. The third kappa shape index (κ3) is 4.67. The fourth-order valence-corrected chi connectivity index (χ4v) is 2.44. The molecule has 0 atom stereocenters. The molecule has 0 saturated carbocycles. The number of nitrogens with zero attached hydrogens (tertiary/aromatic N) is 2. The summed E-state index contributed by atoms with van der Waals surface area (Å²) in [4.78, 5) is 23.3. The van der Waals surface area contributed by atoms with Crippen LogP contribution < -0.4 is 10.6 Å². The van der Waals surface area contributed by atoms with Gasteiger partial charge < -0.3 is 15.1 Å². The molecular formula is C13H16N4O3S. The minimum atomic E-state index is -0.339. The topological polar surface area (TPSA) is 97.1 Å². The van der Waals surface area contributed by atoms with Gasteiger partial charge in [-0.3, -0.25) is 9.59 Å². The third-order valence-corrected chi connectivity index (χ3v) is 3.46. The molecule has 7 nitrogen and oxygen atoms in total. The zero-order valence-electron chi connectivity index (χ0n) is 11.6. The highest BCUT2D eigenvalue weighted by Crippen LogP contribution is 2.16. The highest BCUT2D eigenvalue weighted by molar-refractivity contribution is 7.15. The van der Waals surface area contributed by atoms with Crippen molar-refractivity contribution in [2.45, 2.75) is 26.2 Å². The average Bonchev–Trinajstić information content (AvgIpc) is 3.10. The molecule has 2 aromatic rings. The largest absolute Gasteiger partial charge is 0.459 e. The van der Waals surface area contributed by atoms with Gasteiger partial charge in [0.2, 0.25) is 11.0 Å². The van der Waals surface area contributed by atoms with Gasteiger partial charge in [-0.2, -0.15) is 0 Å². The maximum absolute atomic E-state index is 11.7. The Hall–Kier alpha value is -2.22. The number of hydrogen-bond acceptors (Lipinski definition) is 6. The molecule has 0 saturated heterocycles. The number of amides is 2. The van der Waals surface area contributed by atoms with Crippen molar-refractivity contribution >= 4 is 28.3 Å². The van der Waals surface area contributed by atoms with Crippen molar-refractivity contribution in [3.05, 3.63) is 29.2 Å². The van der Waals surface area contributed by atoms with E-state index in [0.717, 1.165) is 17.8 Å². The van der Waals surface area contributed by atoms with Crippen LogP contribution in [-0.4, -0.2) is 28.6 Å². The summed E-state index contributed by atoms with van der Waals surface area (Å²) in [6.45, 7) is 2.29. The van der Waals surface area contributed by atoms with Crippen LogP contribution in [0.4, 0.5) is 5.13 Å². The van der Waals surface area contributed by atoms with E-state index < -0.39 is 0 Å². The van der Waals surface area contributed by atoms with Gasteiger partial charge in [0, 0.05) is 19.4 Å². The number of anilines is 1. The number of carbonyl (C=O) groups is 2. The van der Waals surface area contributed by atoms with Gasteiger partial charge in [0.1, 0.15) is 5.01 Å². The molecule has 2 rings (SSSR count). The molecular weight excluding hydrogens is 292 g/mol. The molecule has 0 fully saturated rings. The molecule has 0 unspecified atom stereocenters. The first-order valence-corrected chi connectivity index (χ1v) is 7.44. The van der Waals surface area contributed by atoms with Crippen molar-refractivity contribution in [3.63, 3.8) is 0 Å². The van der Waals surface area contributed by atoms with Gasteiger partial charge >= 0.3 is 0 Å². The highest BCUT2D eigenvalue weighted by atomic mass is 32.1. The SMILES string of the molecule is CCCc1nnc(NC(=O)CCNC(=O)c2ccco2)s1. The van der Waals surface area contributed by atoms with Crippen LogP contribution >= 0.6 is 11.3 Å². The number of aryl methyl sites for hydroxylation is 1. The molecule has 8 heteroatoms. The lowest BCUT2D eigenvalue weighted by Crippen LogP contribution is -2.27. The van der Waals surface area contributed by atoms with E-state index >= 15 is 0 Å². The number of hydrogen-bond donors (Lipinski definition) is 2. The average molecular weight is 308 g/mol. The molecule has 0 spiro atoms. The van der Waals surface area contributed by atoms with Gasteiger partial charge in [-0.25, -0.2) is 0 Å². The summed E-state index contributed by atoms with van der Waals surface area (Å²) in [5, 5.41) is 14.5. The number of carbonyl (C=O) groups excluding carboxylic acids is 2. The standard InChI is InChI=1S/C13H16N4O3S/c1-2-4-11-16-17-13(21-11)15-10(18)6-7-14-12(19)9-5-3-8-20-9/h3,5,8H,2,4,6-7H2,1H3,(H,14,19)(H,15,17,18). The van der Waals surface area contributed by atoms with E-state index in [9.17, 15) is 9.59 Å². The molecule has 0 bridgehead atoms. The van der Waals surface area contributed by atoms with Crippen molar-refractivity contribution in [2.24, 2.45) is 0 Å². The molecule has 0 aliphatic rings. The predicted octanol–water partition coefficient (Wildman–Crippen LogP) is 1.84. The number of furan rings is 1. The predicted molar refractivity (Wildman–Crippen MR) is 78.2 cm³/mol. The summed E-state index contributed by atoms with van der Waals surface area (Å²) in [7, 11) is 0. The fourth-order valence-electron chi connectivity index (χ4n) is 1.59. The van der Waals surface area contributed by atoms with E-state index in [0.29, 0.717) is 5.13 Å². The zero-order valence-corrected chi connectivity index (χ0v) is 12.4. The van der Waals surface area contributed by atoms with Gasteiger partial charge in [-0.1, -0.05) is 18.3 Å². The highest BCUT2D eigenvalue weighted by Gasteiger charge is 2.10. The Balaban J connectivity index is 1.70. The summed E-state index contributed by atoms with van der Waals surface area (Å²) in [5.74, 6) is -0.327. The number of aromatic nitrogens is 2. The van der Waals surface area contributed by atoms with Crippen LogP contribution in [0.1, 0.15) is 35.3 Å². The van der Waals surface area contributed by atoms with Crippen molar-refractivity contribution in [1.82, 2.24) is 15.5 Å². The van der Waals surface area contributed by atoms with E-state index in [1.165, 1.54) is 17.6 Å². The first kappa shape index (κ1) is 15.2. The maximum Gasteiger partial charge on any atom is 0.286 e. The van der Waals surface area contributed by atoms with Crippen LogP contribution in [-0.2, 0) is 11.2 Å². The lowest BCUT2D eigenvalue weighted by atomic mass is 10.3. The Morgan fingerprint density at radius 1 is 1.38 bits per heavy atom. The van der Waals surface area contributed by atoms with Crippen LogP contribution in [0.2, 0.25) is 0 Å². The summed E-state index contributed by atoms with van der Waals surface area (Å²) < 4.78 is 4.94. The summed E-state index contributed by atoms with van der Waals surface area (Å²) in [6, 6.07) is 3.19. The van der Waals surface area contributed by atoms with Crippen LogP contribution in [0.5, 0.6) is 0 Å². The minimum Gasteiger partial charge on any atom is -0.459 e. The second-order valence-corrected chi connectivity index (χ2v) is 5.34. The number of rotatable bonds is 7. The molecule has 0 aromatic carbocycles. The molecule has 2 N–H and O–H groups in total. The van der Waals surface area contributed by atoms with E-state index in [-0.39, 0.29) is 30.5 Å². The molecule has 2 amide bonds. The van der Waals surface area contributed by atoms with Gasteiger partial charge in [-0.15, -0.1) is 10.2 Å². The molecule has 0 aliphatic heterocycles. The zero-order chi connectivity index (χ0) is 15.1. The third-order valence-electron chi connectivity index (χ3n) is 2.56. The van der Waals surface area contributed by atoms with Gasteiger partial charge in [-0.05, 0) is 18.6 Å². The normalized spacial score (nSPS) is 10.3. The summed E-state index contributed by atoms with van der Waals surface area (Å²) in [5.41, 5.74) is 0. The summed E-state index contributed by atoms with van der Waals surface area (Å²) >= 11 is 1.37. The smallest absolute Gasteiger partial charge is 0.286 e. The quantitative estimate of drug-likeness (QED) is 0.813. The molecule has 0 aliphatic carbocycles. The Morgan fingerprint density at radius 3 is 2.95 bits per heavy atom. The first-order valence-electron chi connectivity index (χ1n) is 6.63. The minimum absolute atomic E-state index is 0.162. The maximum atomic E-state index is 11.7. The van der Waals surface area contributed by atoms with Gasteiger partial charge in [0.15, 0.2) is 5.76 Å². The van der Waals surface area contributed by atoms with Crippen molar-refractivity contribution in [1.29, 1.82) is 0 Å². The first-order chi connectivity index (χ1) is 10.2. The van der Waals surface area contributed by atoms with Crippen molar-refractivity contribution < 1.29 is 14.0 Å². The Labute approximate surface area is 125 Å². The molecule has 2 aromatic heterocycles. The fraction of sp³-hybridized carbons (Fsp3) is 0.385. The van der Waals surface area contributed by atoms with E-state index in [1.54, 1.807) is 12.1 Å². The lowest BCUT2D eigenvalue weighted by Gasteiger charge is -2.03. The Bertz CT molecular complexity index is 594. The van der Waals surface area contributed by atoms with Crippen LogP contribution in [0.3, 0.4) is 0 Å². The second-order valence-electron chi connectivity index (χ2n) is 4.28. The Kier molecular flexibility index (Phi) is 5.44. The molecule has 112 valence electrons. The van der Waals surface area contributed by atoms with Crippen molar-refractivity contribution in [3.8, 4) is 0 Å². The van der Waals surface area contributed by atoms with Crippen LogP contribution in [0.25, 0.3) is 0 Å². The van der Waals surface area contributed by atoms with Crippen LogP contribution in [0, 0.1) is 0 Å². The number of nitrogens with one attached hydrogen (secondary N) is 2. The van der Waals surface area contributed by atoms with Gasteiger partial charge in [0.25, 0.3) is 5.91 Å². The lowest BCUT2D eigenvalue weighted by molar-refractivity contribution is -0.116. The molecule has 0 radical (unpaired) electrons. The van der Waals surface area contributed by atoms with Crippen molar-refractivity contribution in [2.75, 3.05) is 11.9 Å². The second kappa shape index (κ2) is 7.53. The van der Waals surface area contributed by atoms with E-state index in [2.05, 4.69) is 27.8 Å². The monoisotopic (exact) mass is 308 g/mol. The van der Waals surface area contributed by atoms with E-state index in [4.69, 9.17) is 4.42 Å². The van der Waals surface area contributed by atoms with E-state index in [1.807, 2.05) is 0 Å². The molecule has 21 heavy (non-hydrogen) atoms.